The average Bonchev–Trinajstić information content (AvgIpc) is 3.10. The maximum Gasteiger partial charge on any atom is 0.270 e. The van der Waals surface area contributed by atoms with Gasteiger partial charge in [0.15, 0.2) is 0 Å². The zero-order chi connectivity index (χ0) is 19.4. The molecule has 0 aliphatic carbocycles. The second kappa shape index (κ2) is 8.40. The SMILES string of the molecule is CCCCNC(=O)c1cc(-c2ccc(C)c(C)c2)nn1-c1ccc(Cl)cc1. The highest BCUT2D eigenvalue weighted by Gasteiger charge is 2.17. The monoisotopic (exact) mass is 381 g/mol. The molecule has 4 nitrogen and oxygen atoms in total. The first kappa shape index (κ1) is 19.2. The molecular weight excluding hydrogens is 358 g/mol. The lowest BCUT2D eigenvalue weighted by Crippen LogP contribution is -2.26. The van der Waals surface area contributed by atoms with Crippen molar-refractivity contribution in [3.63, 3.8) is 0 Å². The molecule has 1 N–H and O–H groups in total. The molecular formula is C22H24ClN3O. The van der Waals surface area contributed by atoms with Gasteiger partial charge in [0.1, 0.15) is 5.69 Å². The summed E-state index contributed by atoms with van der Waals surface area (Å²) in [5.41, 5.74) is 5.51. The number of nitrogens with zero attached hydrogens (tertiary/aromatic N) is 2. The molecule has 0 fully saturated rings. The fourth-order valence-electron chi connectivity index (χ4n) is 2.83. The Morgan fingerprint density at radius 2 is 1.81 bits per heavy atom. The number of carbonyl (C=O) groups is 1. The fraction of sp³-hybridized carbons (Fsp3) is 0.273. The van der Waals surface area contributed by atoms with Gasteiger partial charge in [0.05, 0.1) is 11.4 Å². The molecule has 0 aliphatic heterocycles. The number of unbranched alkanes of at least 4 members (excludes halogenated alkanes) is 1. The Kier molecular flexibility index (Phi) is 5.97. The van der Waals surface area contributed by atoms with E-state index in [9.17, 15) is 4.79 Å². The smallest absolute Gasteiger partial charge is 0.270 e. The van der Waals surface area contributed by atoms with Crippen LogP contribution in [0.5, 0.6) is 0 Å². The van der Waals surface area contributed by atoms with Crippen LogP contribution in [0.4, 0.5) is 0 Å². The van der Waals surface area contributed by atoms with Crippen molar-refractivity contribution >= 4 is 17.5 Å². The zero-order valence-corrected chi connectivity index (χ0v) is 16.7. The van der Waals surface area contributed by atoms with Crippen LogP contribution in [0, 0.1) is 13.8 Å². The lowest BCUT2D eigenvalue weighted by molar-refractivity contribution is 0.0945. The number of rotatable bonds is 6. The molecule has 3 rings (SSSR count). The van der Waals surface area contributed by atoms with Gasteiger partial charge in [-0.3, -0.25) is 4.79 Å². The summed E-state index contributed by atoms with van der Waals surface area (Å²) in [5.74, 6) is -0.124. The number of benzene rings is 2. The van der Waals surface area contributed by atoms with Crippen LogP contribution < -0.4 is 5.32 Å². The van der Waals surface area contributed by atoms with E-state index in [0.717, 1.165) is 29.8 Å². The summed E-state index contributed by atoms with van der Waals surface area (Å²) in [5, 5.41) is 8.34. The van der Waals surface area contributed by atoms with Crippen molar-refractivity contribution in [3.8, 4) is 16.9 Å². The van der Waals surface area contributed by atoms with Crippen LogP contribution in [-0.4, -0.2) is 22.2 Å². The predicted molar refractivity (Wildman–Crippen MR) is 111 cm³/mol. The Bertz CT molecular complexity index is 945. The van der Waals surface area contributed by atoms with Gasteiger partial charge >= 0.3 is 0 Å². The highest BCUT2D eigenvalue weighted by Crippen LogP contribution is 2.24. The first-order valence-corrected chi connectivity index (χ1v) is 9.59. The lowest BCUT2D eigenvalue weighted by atomic mass is 10.0. The molecule has 0 unspecified atom stereocenters. The highest BCUT2D eigenvalue weighted by molar-refractivity contribution is 6.30. The van der Waals surface area contributed by atoms with E-state index >= 15 is 0 Å². The van der Waals surface area contributed by atoms with E-state index in [1.807, 2.05) is 24.3 Å². The van der Waals surface area contributed by atoms with Crippen molar-refractivity contribution in [1.29, 1.82) is 0 Å². The van der Waals surface area contributed by atoms with Crippen LogP contribution in [0.15, 0.2) is 48.5 Å². The first-order valence-electron chi connectivity index (χ1n) is 9.21. The molecule has 1 amide bonds. The Morgan fingerprint density at radius 3 is 2.48 bits per heavy atom. The second-order valence-electron chi connectivity index (χ2n) is 6.71. The normalized spacial score (nSPS) is 10.8. The largest absolute Gasteiger partial charge is 0.351 e. The van der Waals surface area contributed by atoms with Gasteiger partial charge in [-0.05, 0) is 67.8 Å². The molecule has 2 aromatic carbocycles. The average molecular weight is 382 g/mol. The Balaban J connectivity index is 2.03. The van der Waals surface area contributed by atoms with Gasteiger partial charge in [-0.1, -0.05) is 37.1 Å². The fourth-order valence-corrected chi connectivity index (χ4v) is 2.96. The van der Waals surface area contributed by atoms with E-state index in [1.54, 1.807) is 16.8 Å². The molecule has 0 radical (unpaired) electrons. The summed E-state index contributed by atoms with van der Waals surface area (Å²) < 4.78 is 1.68. The molecule has 0 saturated carbocycles. The molecule has 0 saturated heterocycles. The Hall–Kier alpha value is -2.59. The van der Waals surface area contributed by atoms with E-state index in [1.165, 1.54) is 11.1 Å². The number of aryl methyl sites for hydroxylation is 2. The summed E-state index contributed by atoms with van der Waals surface area (Å²) >= 11 is 6.01. The van der Waals surface area contributed by atoms with Gasteiger partial charge in [-0.2, -0.15) is 5.10 Å². The van der Waals surface area contributed by atoms with Crippen molar-refractivity contribution in [1.82, 2.24) is 15.1 Å². The lowest BCUT2D eigenvalue weighted by Gasteiger charge is -2.08. The number of halogens is 1. The van der Waals surface area contributed by atoms with E-state index in [0.29, 0.717) is 17.3 Å². The van der Waals surface area contributed by atoms with E-state index < -0.39 is 0 Å². The molecule has 0 bridgehead atoms. The van der Waals surface area contributed by atoms with Crippen LogP contribution in [0.2, 0.25) is 5.02 Å². The summed E-state index contributed by atoms with van der Waals surface area (Å²) in [7, 11) is 0. The van der Waals surface area contributed by atoms with Gasteiger partial charge in [-0.25, -0.2) is 4.68 Å². The molecule has 1 heterocycles. The number of nitrogens with one attached hydrogen (secondary N) is 1. The number of aromatic nitrogens is 2. The van der Waals surface area contributed by atoms with Crippen molar-refractivity contribution in [2.45, 2.75) is 33.6 Å². The van der Waals surface area contributed by atoms with Gasteiger partial charge in [0, 0.05) is 17.1 Å². The Labute approximate surface area is 165 Å². The minimum atomic E-state index is -0.124. The van der Waals surface area contributed by atoms with Crippen LogP contribution in [0.25, 0.3) is 16.9 Å². The third-order valence-electron chi connectivity index (χ3n) is 4.63. The summed E-state index contributed by atoms with van der Waals surface area (Å²) in [6, 6.07) is 15.4. The van der Waals surface area contributed by atoms with Crippen LogP contribution in [-0.2, 0) is 0 Å². The van der Waals surface area contributed by atoms with Crippen LogP contribution in [0.3, 0.4) is 0 Å². The molecule has 1 aromatic heterocycles. The molecule has 0 atom stereocenters. The topological polar surface area (TPSA) is 46.9 Å². The van der Waals surface area contributed by atoms with E-state index in [-0.39, 0.29) is 5.91 Å². The second-order valence-corrected chi connectivity index (χ2v) is 7.15. The summed E-state index contributed by atoms with van der Waals surface area (Å²) in [4.78, 5) is 12.7. The minimum absolute atomic E-state index is 0.124. The third kappa shape index (κ3) is 4.40. The van der Waals surface area contributed by atoms with Crippen LogP contribution >= 0.6 is 11.6 Å². The molecule has 0 aliphatic rings. The van der Waals surface area contributed by atoms with E-state index in [2.05, 4.69) is 38.2 Å². The van der Waals surface area contributed by atoms with Crippen LogP contribution in [0.1, 0.15) is 41.4 Å². The number of hydrogen-bond donors (Lipinski definition) is 1. The number of amides is 1. The van der Waals surface area contributed by atoms with Gasteiger partial charge < -0.3 is 5.32 Å². The molecule has 27 heavy (non-hydrogen) atoms. The highest BCUT2D eigenvalue weighted by atomic mass is 35.5. The molecule has 140 valence electrons. The summed E-state index contributed by atoms with van der Waals surface area (Å²) in [6.45, 7) is 6.91. The minimum Gasteiger partial charge on any atom is -0.351 e. The first-order chi connectivity index (χ1) is 13.0. The number of carbonyl (C=O) groups excluding carboxylic acids is 1. The quantitative estimate of drug-likeness (QED) is 0.586. The maximum absolute atomic E-state index is 12.7. The third-order valence-corrected chi connectivity index (χ3v) is 4.88. The molecule has 3 aromatic rings. The Morgan fingerprint density at radius 1 is 1.07 bits per heavy atom. The van der Waals surface area contributed by atoms with Crippen molar-refractivity contribution in [3.05, 3.63) is 70.4 Å². The van der Waals surface area contributed by atoms with Crippen molar-refractivity contribution in [2.75, 3.05) is 6.54 Å². The van der Waals surface area contributed by atoms with Gasteiger partial charge in [0.25, 0.3) is 5.91 Å². The van der Waals surface area contributed by atoms with Crippen molar-refractivity contribution < 1.29 is 4.79 Å². The summed E-state index contributed by atoms with van der Waals surface area (Å²) in [6.07, 6.45) is 1.98. The predicted octanol–water partition coefficient (Wildman–Crippen LogP) is 5.34. The standard InChI is InChI=1S/C22H24ClN3O/c1-4-5-12-24-22(27)21-14-20(17-7-6-15(2)16(3)13-17)25-26(21)19-10-8-18(23)9-11-19/h6-11,13-14H,4-5,12H2,1-3H3,(H,24,27). The zero-order valence-electron chi connectivity index (χ0n) is 15.9. The van der Waals surface area contributed by atoms with Crippen molar-refractivity contribution in [2.24, 2.45) is 0 Å². The molecule has 0 spiro atoms. The number of hydrogen-bond acceptors (Lipinski definition) is 2. The van der Waals surface area contributed by atoms with Gasteiger partial charge in [0.2, 0.25) is 0 Å². The maximum atomic E-state index is 12.7. The molecule has 5 heteroatoms. The van der Waals surface area contributed by atoms with Gasteiger partial charge in [-0.15, -0.1) is 0 Å². The van der Waals surface area contributed by atoms with E-state index in [4.69, 9.17) is 16.7 Å².